The standard InChI is InChI=1S/C32H37N3O11/c1-18-10-8-11-23(16-18)41-15-9-14-35-25-13-7-6-12-24(25)27(31(35)40)34-46-32-28(33-19(2)36)30(44-22(5)39)29(43-21(4)38)26(45-32)17-42-20(3)37/h6-8,10-13,16,26,28-30,32H,9,14-15,17H2,1-5H3,(H,33,36)/t26-,28-,29-,30-,32+/m1/s1. The van der Waals surface area contributed by atoms with E-state index in [1.165, 1.54) is 13.8 Å². The van der Waals surface area contributed by atoms with Crippen molar-refractivity contribution in [3.8, 4) is 5.75 Å². The summed E-state index contributed by atoms with van der Waals surface area (Å²) >= 11 is 0. The lowest BCUT2D eigenvalue weighted by atomic mass is 9.96. The van der Waals surface area contributed by atoms with Gasteiger partial charge in [-0.2, -0.15) is 0 Å². The molecule has 2 aliphatic rings. The number of nitrogens with one attached hydrogen (secondary N) is 1. The molecule has 1 fully saturated rings. The Labute approximate surface area is 265 Å². The molecule has 0 radical (unpaired) electrons. The third-order valence-electron chi connectivity index (χ3n) is 7.00. The molecule has 2 amide bonds. The largest absolute Gasteiger partial charge is 0.494 e. The number of carbonyl (C=O) groups excluding carboxylic acids is 5. The van der Waals surface area contributed by atoms with E-state index < -0.39 is 67.0 Å². The number of nitrogens with zero attached hydrogens (tertiary/aromatic N) is 2. The molecule has 0 spiro atoms. The number of oxime groups is 1. The Hall–Kier alpha value is -4.98. The van der Waals surface area contributed by atoms with Gasteiger partial charge in [-0.15, -0.1) is 0 Å². The molecule has 246 valence electrons. The summed E-state index contributed by atoms with van der Waals surface area (Å²) in [5, 5.41) is 6.75. The molecule has 2 aromatic rings. The Morgan fingerprint density at radius 3 is 2.33 bits per heavy atom. The van der Waals surface area contributed by atoms with Crippen LogP contribution in [0.3, 0.4) is 0 Å². The van der Waals surface area contributed by atoms with Crippen LogP contribution in [0.5, 0.6) is 5.75 Å². The molecule has 5 atom stereocenters. The average molecular weight is 640 g/mol. The van der Waals surface area contributed by atoms with Crippen molar-refractivity contribution in [2.75, 3.05) is 24.7 Å². The molecule has 2 heterocycles. The number of para-hydroxylation sites is 1. The maximum absolute atomic E-state index is 13.6. The zero-order valence-corrected chi connectivity index (χ0v) is 26.2. The van der Waals surface area contributed by atoms with E-state index in [9.17, 15) is 24.0 Å². The van der Waals surface area contributed by atoms with Gasteiger partial charge < -0.3 is 38.7 Å². The number of anilines is 1. The predicted molar refractivity (Wildman–Crippen MR) is 162 cm³/mol. The fraction of sp³-hybridized carbons (Fsp3) is 0.438. The number of benzene rings is 2. The maximum Gasteiger partial charge on any atom is 0.303 e. The Morgan fingerprint density at radius 2 is 1.65 bits per heavy atom. The molecule has 2 aliphatic heterocycles. The van der Waals surface area contributed by atoms with Gasteiger partial charge in [0.2, 0.25) is 5.91 Å². The monoisotopic (exact) mass is 639 g/mol. The van der Waals surface area contributed by atoms with E-state index in [0.29, 0.717) is 30.8 Å². The molecule has 1 N–H and O–H groups in total. The molecular formula is C32H37N3O11. The summed E-state index contributed by atoms with van der Waals surface area (Å²) in [7, 11) is 0. The van der Waals surface area contributed by atoms with Crippen molar-refractivity contribution < 1.29 is 52.5 Å². The van der Waals surface area contributed by atoms with Crippen molar-refractivity contribution >= 4 is 41.1 Å². The van der Waals surface area contributed by atoms with E-state index in [1.54, 1.807) is 29.2 Å². The molecule has 0 bridgehead atoms. The second-order valence-electron chi connectivity index (χ2n) is 10.8. The maximum atomic E-state index is 13.6. The average Bonchev–Trinajstić information content (AvgIpc) is 3.25. The lowest BCUT2D eigenvalue weighted by Gasteiger charge is -2.43. The summed E-state index contributed by atoms with van der Waals surface area (Å²) in [5.41, 5.74) is 2.17. The number of fused-ring (bicyclic) bond motifs is 1. The highest BCUT2D eigenvalue weighted by Crippen LogP contribution is 2.31. The SMILES string of the molecule is CC(=O)N[C@H]1[C@H](ON=C2C(=O)N(CCCOc3cccc(C)c3)c3ccccc32)O[C@H](COC(C)=O)[C@@H](OC(C)=O)[C@@H]1OC(C)=O. The quantitative estimate of drug-likeness (QED) is 0.156. The van der Waals surface area contributed by atoms with Gasteiger partial charge in [0.15, 0.2) is 17.9 Å². The Balaban J connectivity index is 1.57. The van der Waals surface area contributed by atoms with Crippen molar-refractivity contribution in [1.29, 1.82) is 0 Å². The minimum atomic E-state index is -1.47. The third kappa shape index (κ3) is 8.59. The molecule has 1 saturated heterocycles. The number of hydrogen-bond donors (Lipinski definition) is 1. The van der Waals surface area contributed by atoms with Gasteiger partial charge in [-0.3, -0.25) is 24.0 Å². The second-order valence-corrected chi connectivity index (χ2v) is 10.8. The van der Waals surface area contributed by atoms with Crippen LogP contribution in [-0.4, -0.2) is 85.8 Å². The van der Waals surface area contributed by atoms with Crippen molar-refractivity contribution in [1.82, 2.24) is 5.32 Å². The topological polar surface area (TPSA) is 168 Å². The van der Waals surface area contributed by atoms with Crippen LogP contribution in [-0.2, 0) is 47.8 Å². The number of hydrogen-bond acceptors (Lipinski definition) is 12. The van der Waals surface area contributed by atoms with Gasteiger partial charge >= 0.3 is 17.9 Å². The van der Waals surface area contributed by atoms with Crippen LogP contribution >= 0.6 is 0 Å². The van der Waals surface area contributed by atoms with Gasteiger partial charge in [0, 0.05) is 39.8 Å². The van der Waals surface area contributed by atoms with Crippen LogP contribution in [0.2, 0.25) is 0 Å². The van der Waals surface area contributed by atoms with Crippen LogP contribution in [0.25, 0.3) is 0 Å². The molecule has 0 saturated carbocycles. The Bertz CT molecular complexity index is 1490. The smallest absolute Gasteiger partial charge is 0.303 e. The van der Waals surface area contributed by atoms with E-state index >= 15 is 0 Å². The van der Waals surface area contributed by atoms with Crippen LogP contribution < -0.4 is 15.0 Å². The number of carbonyl (C=O) groups is 5. The highest BCUT2D eigenvalue weighted by atomic mass is 16.8. The highest BCUT2D eigenvalue weighted by Gasteiger charge is 2.52. The number of esters is 3. The molecule has 4 rings (SSSR count). The van der Waals surface area contributed by atoms with E-state index in [2.05, 4.69) is 10.5 Å². The Morgan fingerprint density at radius 1 is 0.935 bits per heavy atom. The molecule has 14 heteroatoms. The van der Waals surface area contributed by atoms with Crippen molar-refractivity contribution in [3.63, 3.8) is 0 Å². The van der Waals surface area contributed by atoms with E-state index in [1.807, 2.05) is 31.2 Å². The minimum Gasteiger partial charge on any atom is -0.494 e. The van der Waals surface area contributed by atoms with Gasteiger partial charge in [0.1, 0.15) is 24.5 Å². The van der Waals surface area contributed by atoms with Crippen molar-refractivity contribution in [2.45, 2.75) is 71.7 Å². The summed E-state index contributed by atoms with van der Waals surface area (Å²) in [5.74, 6) is -2.38. The van der Waals surface area contributed by atoms with Crippen LogP contribution in [0, 0.1) is 6.92 Å². The zero-order valence-electron chi connectivity index (χ0n) is 26.2. The first kappa shape index (κ1) is 33.9. The lowest BCUT2D eigenvalue weighted by Crippen LogP contribution is -2.66. The lowest BCUT2D eigenvalue weighted by molar-refractivity contribution is -0.278. The van der Waals surface area contributed by atoms with E-state index in [-0.39, 0.29) is 5.71 Å². The molecule has 0 unspecified atom stereocenters. The highest BCUT2D eigenvalue weighted by molar-refractivity contribution is 6.54. The van der Waals surface area contributed by atoms with Crippen LogP contribution in [0.15, 0.2) is 53.7 Å². The normalized spacial score (nSPS) is 22.9. The summed E-state index contributed by atoms with van der Waals surface area (Å²) in [6.07, 6.45) is -4.76. The van der Waals surface area contributed by atoms with E-state index in [4.69, 9.17) is 28.5 Å². The summed E-state index contributed by atoms with van der Waals surface area (Å²) < 4.78 is 27.8. The molecule has 14 nitrogen and oxygen atoms in total. The second kappa shape index (κ2) is 15.3. The first-order valence-electron chi connectivity index (χ1n) is 14.7. The van der Waals surface area contributed by atoms with Crippen LogP contribution in [0.1, 0.15) is 45.2 Å². The van der Waals surface area contributed by atoms with E-state index in [0.717, 1.165) is 25.2 Å². The zero-order chi connectivity index (χ0) is 33.4. The first-order chi connectivity index (χ1) is 21.9. The molecule has 46 heavy (non-hydrogen) atoms. The van der Waals surface area contributed by atoms with Gasteiger partial charge in [-0.1, -0.05) is 35.5 Å². The molecule has 0 aliphatic carbocycles. The number of aryl methyl sites for hydroxylation is 1. The van der Waals surface area contributed by atoms with Crippen LogP contribution in [0.4, 0.5) is 5.69 Å². The first-order valence-corrected chi connectivity index (χ1v) is 14.7. The summed E-state index contributed by atoms with van der Waals surface area (Å²) in [6.45, 7) is 6.94. The Kier molecular flexibility index (Phi) is 11.3. The summed E-state index contributed by atoms with van der Waals surface area (Å²) in [4.78, 5) is 68.8. The number of amides is 2. The molecular weight excluding hydrogens is 602 g/mol. The molecule has 2 aromatic carbocycles. The summed E-state index contributed by atoms with van der Waals surface area (Å²) in [6, 6.07) is 13.5. The van der Waals surface area contributed by atoms with Gasteiger partial charge in [-0.25, -0.2) is 0 Å². The number of rotatable bonds is 12. The van der Waals surface area contributed by atoms with Gasteiger partial charge in [0.05, 0.1) is 12.3 Å². The number of ether oxygens (including phenoxy) is 5. The molecule has 0 aromatic heterocycles. The predicted octanol–water partition coefficient (Wildman–Crippen LogP) is 2.19. The van der Waals surface area contributed by atoms with Gasteiger partial charge in [-0.05, 0) is 37.1 Å². The fourth-order valence-electron chi connectivity index (χ4n) is 5.18. The third-order valence-corrected chi connectivity index (χ3v) is 7.00. The van der Waals surface area contributed by atoms with Crippen molar-refractivity contribution in [3.05, 3.63) is 59.7 Å². The fourth-order valence-corrected chi connectivity index (χ4v) is 5.18. The minimum absolute atomic E-state index is 0.0249. The van der Waals surface area contributed by atoms with Gasteiger partial charge in [0.25, 0.3) is 12.2 Å². The van der Waals surface area contributed by atoms with Crippen molar-refractivity contribution in [2.24, 2.45) is 5.16 Å².